The van der Waals surface area contributed by atoms with Crippen LogP contribution in [-0.2, 0) is 0 Å². The van der Waals surface area contributed by atoms with Gasteiger partial charge in [-0.2, -0.15) is 0 Å². The number of benzene rings is 1. The molecule has 0 bridgehead atoms. The lowest BCUT2D eigenvalue weighted by Crippen LogP contribution is -1.93. The van der Waals surface area contributed by atoms with Crippen LogP contribution in [0, 0.1) is 20.8 Å². The topological polar surface area (TPSA) is 44.5 Å². The van der Waals surface area contributed by atoms with Gasteiger partial charge in [0.1, 0.15) is 11.5 Å². The second kappa shape index (κ2) is 4.40. The molecular weight excluding hydrogens is 254 g/mol. The molecule has 1 aromatic carbocycles. The predicted molar refractivity (Wildman–Crippen MR) is 78.8 cm³/mol. The Balaban J connectivity index is 2.53. The molecule has 0 spiro atoms. The van der Waals surface area contributed by atoms with Gasteiger partial charge in [0.25, 0.3) is 0 Å². The van der Waals surface area contributed by atoms with Gasteiger partial charge in [0.05, 0.1) is 19.7 Å². The molecule has 0 unspecified atom stereocenters. The molecule has 4 heteroatoms. The second-order valence-electron chi connectivity index (χ2n) is 4.89. The molecule has 104 valence electrons. The summed E-state index contributed by atoms with van der Waals surface area (Å²) in [5, 5.41) is 3.21. The van der Waals surface area contributed by atoms with Crippen molar-refractivity contribution in [2.75, 3.05) is 14.2 Å². The van der Waals surface area contributed by atoms with Crippen LogP contribution in [-0.4, -0.2) is 19.2 Å². The zero-order valence-electron chi connectivity index (χ0n) is 12.3. The maximum Gasteiger partial charge on any atom is 0.162 e. The molecule has 20 heavy (non-hydrogen) atoms. The minimum Gasteiger partial charge on any atom is -0.493 e. The van der Waals surface area contributed by atoms with Crippen LogP contribution >= 0.6 is 0 Å². The van der Waals surface area contributed by atoms with E-state index in [-0.39, 0.29) is 0 Å². The Morgan fingerprint density at radius 3 is 2.15 bits per heavy atom. The Morgan fingerprint density at radius 1 is 0.900 bits per heavy atom. The summed E-state index contributed by atoms with van der Waals surface area (Å²) < 4.78 is 16.5. The molecule has 0 amide bonds. The predicted octanol–water partition coefficient (Wildman–Crippen LogP) is 3.92. The van der Waals surface area contributed by atoms with Gasteiger partial charge < -0.3 is 13.9 Å². The number of furan rings is 1. The number of fused-ring (bicyclic) bond motifs is 3. The van der Waals surface area contributed by atoms with Crippen LogP contribution in [0.25, 0.3) is 21.7 Å². The molecule has 0 N–H and O–H groups in total. The smallest absolute Gasteiger partial charge is 0.162 e. The molecule has 0 saturated heterocycles. The Bertz CT molecular complexity index is 818. The molecule has 2 heterocycles. The average molecular weight is 271 g/mol. The van der Waals surface area contributed by atoms with E-state index in [1.807, 2.05) is 32.9 Å². The van der Waals surface area contributed by atoms with Crippen LogP contribution in [0.4, 0.5) is 0 Å². The van der Waals surface area contributed by atoms with Crippen molar-refractivity contribution in [3.63, 3.8) is 0 Å². The van der Waals surface area contributed by atoms with Crippen molar-refractivity contribution in [3.8, 4) is 11.5 Å². The molecule has 3 rings (SSSR count). The van der Waals surface area contributed by atoms with Gasteiger partial charge in [-0.25, -0.2) is 0 Å². The van der Waals surface area contributed by atoms with E-state index in [4.69, 9.17) is 13.9 Å². The highest BCUT2D eigenvalue weighted by Gasteiger charge is 2.17. The van der Waals surface area contributed by atoms with Crippen molar-refractivity contribution in [2.24, 2.45) is 0 Å². The van der Waals surface area contributed by atoms with E-state index >= 15 is 0 Å². The number of nitrogens with zero attached hydrogens (tertiary/aromatic N) is 1. The largest absolute Gasteiger partial charge is 0.493 e. The van der Waals surface area contributed by atoms with Crippen LogP contribution in [0.2, 0.25) is 0 Å². The molecule has 0 radical (unpaired) electrons. The van der Waals surface area contributed by atoms with E-state index in [0.717, 1.165) is 38.9 Å². The van der Waals surface area contributed by atoms with E-state index in [2.05, 4.69) is 4.98 Å². The maximum absolute atomic E-state index is 5.77. The summed E-state index contributed by atoms with van der Waals surface area (Å²) in [6.45, 7) is 5.95. The SMILES string of the molecule is COc1cc2nc(C)c3c(C)oc(C)c3c2cc1OC. The number of hydrogen-bond acceptors (Lipinski definition) is 4. The first-order valence-corrected chi connectivity index (χ1v) is 6.48. The van der Waals surface area contributed by atoms with Gasteiger partial charge in [0.15, 0.2) is 11.5 Å². The molecule has 0 aliphatic carbocycles. The third kappa shape index (κ3) is 1.64. The monoisotopic (exact) mass is 271 g/mol. The molecule has 0 atom stereocenters. The first-order chi connectivity index (χ1) is 9.56. The van der Waals surface area contributed by atoms with E-state index in [1.165, 1.54) is 0 Å². The summed E-state index contributed by atoms with van der Waals surface area (Å²) in [5.41, 5.74) is 1.85. The maximum atomic E-state index is 5.77. The first-order valence-electron chi connectivity index (χ1n) is 6.48. The summed E-state index contributed by atoms with van der Waals surface area (Å²) >= 11 is 0. The van der Waals surface area contributed by atoms with Crippen molar-refractivity contribution < 1.29 is 13.9 Å². The number of aromatic nitrogens is 1. The molecule has 4 nitrogen and oxygen atoms in total. The van der Waals surface area contributed by atoms with Gasteiger partial charge in [-0.3, -0.25) is 4.98 Å². The number of hydrogen-bond donors (Lipinski definition) is 0. The third-order valence-electron chi connectivity index (χ3n) is 3.68. The van der Waals surface area contributed by atoms with Gasteiger partial charge in [-0.05, 0) is 26.8 Å². The van der Waals surface area contributed by atoms with Crippen molar-refractivity contribution >= 4 is 21.7 Å². The number of aryl methyl sites for hydroxylation is 3. The summed E-state index contributed by atoms with van der Waals surface area (Å²) in [6, 6.07) is 3.87. The molecule has 0 fully saturated rings. The quantitative estimate of drug-likeness (QED) is 0.708. The Labute approximate surface area is 117 Å². The third-order valence-corrected chi connectivity index (χ3v) is 3.68. The first kappa shape index (κ1) is 12.8. The second-order valence-corrected chi connectivity index (χ2v) is 4.89. The van der Waals surface area contributed by atoms with Gasteiger partial charge in [0, 0.05) is 27.9 Å². The highest BCUT2D eigenvalue weighted by Crippen LogP contribution is 2.38. The summed E-state index contributed by atoms with van der Waals surface area (Å²) in [6.07, 6.45) is 0. The average Bonchev–Trinajstić information content (AvgIpc) is 2.73. The zero-order chi connectivity index (χ0) is 14.4. The highest BCUT2D eigenvalue weighted by molar-refractivity contribution is 6.09. The molecular formula is C16H17NO3. The van der Waals surface area contributed by atoms with E-state index in [1.54, 1.807) is 14.2 Å². The van der Waals surface area contributed by atoms with Crippen LogP contribution in [0.1, 0.15) is 17.2 Å². The minimum absolute atomic E-state index is 0.684. The number of methoxy groups -OCH3 is 2. The van der Waals surface area contributed by atoms with Crippen LogP contribution in [0.3, 0.4) is 0 Å². The van der Waals surface area contributed by atoms with Crippen molar-refractivity contribution in [2.45, 2.75) is 20.8 Å². The van der Waals surface area contributed by atoms with Crippen molar-refractivity contribution in [1.82, 2.24) is 4.98 Å². The van der Waals surface area contributed by atoms with E-state index < -0.39 is 0 Å². The lowest BCUT2D eigenvalue weighted by Gasteiger charge is -2.10. The summed E-state index contributed by atoms with van der Waals surface area (Å²) in [4.78, 5) is 4.67. The van der Waals surface area contributed by atoms with Gasteiger partial charge in [-0.1, -0.05) is 0 Å². The van der Waals surface area contributed by atoms with Gasteiger partial charge in [-0.15, -0.1) is 0 Å². The Kier molecular flexibility index (Phi) is 2.82. The fourth-order valence-corrected chi connectivity index (χ4v) is 2.84. The lowest BCUT2D eigenvalue weighted by atomic mass is 10.0. The molecule has 2 aromatic heterocycles. The minimum atomic E-state index is 0.684. The van der Waals surface area contributed by atoms with E-state index in [9.17, 15) is 0 Å². The molecule has 0 saturated carbocycles. The summed E-state index contributed by atoms with van der Waals surface area (Å²) in [5.74, 6) is 3.19. The summed E-state index contributed by atoms with van der Waals surface area (Å²) in [7, 11) is 3.26. The van der Waals surface area contributed by atoms with Crippen molar-refractivity contribution in [1.29, 1.82) is 0 Å². The van der Waals surface area contributed by atoms with Crippen molar-refractivity contribution in [3.05, 3.63) is 29.3 Å². The molecule has 0 aliphatic rings. The van der Waals surface area contributed by atoms with Gasteiger partial charge >= 0.3 is 0 Å². The zero-order valence-corrected chi connectivity index (χ0v) is 12.3. The van der Waals surface area contributed by atoms with E-state index in [0.29, 0.717) is 11.5 Å². The Hall–Kier alpha value is -2.23. The highest BCUT2D eigenvalue weighted by atomic mass is 16.5. The lowest BCUT2D eigenvalue weighted by molar-refractivity contribution is 0.356. The Morgan fingerprint density at radius 2 is 1.50 bits per heavy atom. The number of rotatable bonds is 2. The fraction of sp³-hybridized carbons (Fsp3) is 0.312. The fourth-order valence-electron chi connectivity index (χ4n) is 2.84. The number of pyridine rings is 1. The molecule has 0 aliphatic heterocycles. The number of ether oxygens (including phenoxy) is 2. The van der Waals surface area contributed by atoms with Crippen LogP contribution in [0.5, 0.6) is 11.5 Å². The normalized spacial score (nSPS) is 11.2. The van der Waals surface area contributed by atoms with Gasteiger partial charge in [0.2, 0.25) is 0 Å². The molecule has 3 aromatic rings. The van der Waals surface area contributed by atoms with Crippen LogP contribution in [0.15, 0.2) is 16.5 Å². The standard InChI is InChI=1S/C16H17NO3/c1-8-15-9(2)20-10(3)16(15)11-6-13(18-4)14(19-5)7-12(11)17-8/h6-7H,1-5H3. The van der Waals surface area contributed by atoms with Crippen LogP contribution < -0.4 is 9.47 Å².